The van der Waals surface area contributed by atoms with Crippen LogP contribution in [-0.4, -0.2) is 59.7 Å². The third kappa shape index (κ3) is 4.93. The zero-order valence-electron chi connectivity index (χ0n) is 15.0. The first-order valence-corrected chi connectivity index (χ1v) is 10.0. The fraction of sp³-hybridized carbons (Fsp3) is 0.526. The van der Waals surface area contributed by atoms with E-state index in [-0.39, 0.29) is 30.7 Å². The van der Waals surface area contributed by atoms with Gasteiger partial charge in [0.25, 0.3) is 5.91 Å². The minimum Gasteiger partial charge on any atom is -0.354 e. The first kappa shape index (κ1) is 20.0. The maximum Gasteiger partial charge on any atom is 0.254 e. The lowest BCUT2D eigenvalue weighted by atomic mass is 10.1. The van der Waals surface area contributed by atoms with Crippen LogP contribution in [0.4, 0.5) is 0 Å². The number of rotatable bonds is 5. The van der Waals surface area contributed by atoms with Gasteiger partial charge < -0.3 is 15.1 Å². The van der Waals surface area contributed by atoms with E-state index >= 15 is 0 Å². The number of hydrogen-bond acceptors (Lipinski definition) is 3. The van der Waals surface area contributed by atoms with Crippen LogP contribution in [0, 0.1) is 0 Å². The molecule has 8 heteroatoms. The van der Waals surface area contributed by atoms with Crippen LogP contribution in [0.3, 0.4) is 0 Å². The Morgan fingerprint density at radius 1 is 1.00 bits per heavy atom. The molecule has 2 fully saturated rings. The summed E-state index contributed by atoms with van der Waals surface area (Å²) < 4.78 is 0. The standard InChI is InChI=1S/C19H23Cl2N3O3/c20-14-10-13(11-15(21)12-14)19(27)24-9-3-4-16(24)18(26)22-6-5-17(25)23-7-1-2-8-23/h10-12,16H,1-9H2,(H,22,26). The number of likely N-dealkylation sites (tertiary alicyclic amines) is 2. The van der Waals surface area contributed by atoms with Gasteiger partial charge in [-0.25, -0.2) is 0 Å². The van der Waals surface area contributed by atoms with Gasteiger partial charge in [0.15, 0.2) is 0 Å². The van der Waals surface area contributed by atoms with Crippen molar-refractivity contribution >= 4 is 40.9 Å². The monoisotopic (exact) mass is 411 g/mol. The highest BCUT2D eigenvalue weighted by molar-refractivity contribution is 6.35. The maximum atomic E-state index is 12.8. The van der Waals surface area contributed by atoms with Crippen molar-refractivity contribution < 1.29 is 14.4 Å². The van der Waals surface area contributed by atoms with Crippen LogP contribution >= 0.6 is 23.2 Å². The third-order valence-corrected chi connectivity index (χ3v) is 5.46. The molecule has 3 amide bonds. The van der Waals surface area contributed by atoms with Gasteiger partial charge in [0.1, 0.15) is 6.04 Å². The van der Waals surface area contributed by atoms with Crippen molar-refractivity contribution in [3.05, 3.63) is 33.8 Å². The summed E-state index contributed by atoms with van der Waals surface area (Å²) in [6.45, 7) is 2.41. The molecule has 2 aliphatic heterocycles. The molecule has 2 aliphatic rings. The number of nitrogens with one attached hydrogen (secondary N) is 1. The van der Waals surface area contributed by atoms with E-state index in [1.165, 1.54) is 0 Å². The Kier molecular flexibility index (Phi) is 6.60. The molecule has 2 heterocycles. The second kappa shape index (κ2) is 8.93. The number of halogens is 2. The zero-order valence-corrected chi connectivity index (χ0v) is 16.6. The summed E-state index contributed by atoms with van der Waals surface area (Å²) >= 11 is 12.0. The van der Waals surface area contributed by atoms with Gasteiger partial charge in [0.05, 0.1) is 0 Å². The molecular formula is C19H23Cl2N3O3. The number of benzene rings is 1. The van der Waals surface area contributed by atoms with E-state index in [0.717, 1.165) is 32.4 Å². The molecule has 146 valence electrons. The molecule has 1 aromatic rings. The van der Waals surface area contributed by atoms with E-state index in [9.17, 15) is 14.4 Å². The summed E-state index contributed by atoms with van der Waals surface area (Å²) in [5, 5.41) is 3.57. The molecule has 1 N–H and O–H groups in total. The Morgan fingerprint density at radius 3 is 2.33 bits per heavy atom. The average molecular weight is 412 g/mol. The fourth-order valence-electron chi connectivity index (χ4n) is 3.66. The first-order valence-electron chi connectivity index (χ1n) is 9.28. The Hall–Kier alpha value is -1.79. The maximum absolute atomic E-state index is 12.8. The van der Waals surface area contributed by atoms with Gasteiger partial charge in [-0.2, -0.15) is 0 Å². The van der Waals surface area contributed by atoms with Crippen LogP contribution in [-0.2, 0) is 9.59 Å². The number of nitrogens with zero attached hydrogens (tertiary/aromatic N) is 2. The Balaban J connectivity index is 1.55. The van der Waals surface area contributed by atoms with E-state index in [2.05, 4.69) is 5.32 Å². The van der Waals surface area contributed by atoms with Crippen LogP contribution in [0.5, 0.6) is 0 Å². The lowest BCUT2D eigenvalue weighted by Gasteiger charge is -2.24. The molecule has 0 saturated carbocycles. The van der Waals surface area contributed by atoms with E-state index in [0.29, 0.717) is 28.6 Å². The molecule has 6 nitrogen and oxygen atoms in total. The van der Waals surface area contributed by atoms with Gasteiger partial charge in [-0.1, -0.05) is 23.2 Å². The lowest BCUT2D eigenvalue weighted by molar-refractivity contribution is -0.130. The first-order chi connectivity index (χ1) is 13.0. The molecule has 0 spiro atoms. The minimum absolute atomic E-state index is 0.0701. The summed E-state index contributed by atoms with van der Waals surface area (Å²) in [5.74, 6) is -0.408. The molecule has 0 aliphatic carbocycles. The van der Waals surface area contributed by atoms with Crippen molar-refractivity contribution in [2.75, 3.05) is 26.2 Å². The van der Waals surface area contributed by atoms with Crippen LogP contribution < -0.4 is 5.32 Å². The van der Waals surface area contributed by atoms with Gasteiger partial charge in [-0.3, -0.25) is 14.4 Å². The SMILES string of the molecule is O=C(NCCC(=O)N1CCCC1)C1CCCN1C(=O)c1cc(Cl)cc(Cl)c1. The summed E-state index contributed by atoms with van der Waals surface area (Å²) in [6.07, 6.45) is 3.74. The van der Waals surface area contributed by atoms with Crippen LogP contribution in [0.25, 0.3) is 0 Å². The molecule has 27 heavy (non-hydrogen) atoms. The highest BCUT2D eigenvalue weighted by Gasteiger charge is 2.34. The van der Waals surface area contributed by atoms with Crippen molar-refractivity contribution in [2.45, 2.75) is 38.1 Å². The topological polar surface area (TPSA) is 69.7 Å². The Morgan fingerprint density at radius 2 is 1.67 bits per heavy atom. The zero-order chi connectivity index (χ0) is 19.4. The van der Waals surface area contributed by atoms with Crippen LogP contribution in [0.15, 0.2) is 18.2 Å². The molecule has 0 bridgehead atoms. The van der Waals surface area contributed by atoms with E-state index < -0.39 is 6.04 Å². The summed E-state index contributed by atoms with van der Waals surface area (Å²) in [7, 11) is 0. The fourth-order valence-corrected chi connectivity index (χ4v) is 4.19. The van der Waals surface area contributed by atoms with Crippen molar-refractivity contribution in [3.63, 3.8) is 0 Å². The quantitative estimate of drug-likeness (QED) is 0.809. The smallest absolute Gasteiger partial charge is 0.254 e. The van der Waals surface area contributed by atoms with Gasteiger partial charge in [-0.15, -0.1) is 0 Å². The van der Waals surface area contributed by atoms with Gasteiger partial charge in [-0.05, 0) is 43.9 Å². The molecule has 1 unspecified atom stereocenters. The van der Waals surface area contributed by atoms with Gasteiger partial charge >= 0.3 is 0 Å². The van der Waals surface area contributed by atoms with Crippen LogP contribution in [0.1, 0.15) is 42.5 Å². The Labute approximate surface area is 168 Å². The van der Waals surface area contributed by atoms with E-state index in [1.807, 2.05) is 4.90 Å². The molecule has 0 aromatic heterocycles. The molecule has 2 saturated heterocycles. The van der Waals surface area contributed by atoms with Gasteiger partial charge in [0.2, 0.25) is 11.8 Å². The Bertz CT molecular complexity index is 715. The predicted molar refractivity (Wildman–Crippen MR) is 104 cm³/mol. The molecule has 1 aromatic carbocycles. The minimum atomic E-state index is -0.530. The number of hydrogen-bond donors (Lipinski definition) is 1. The average Bonchev–Trinajstić information content (AvgIpc) is 3.31. The third-order valence-electron chi connectivity index (χ3n) is 5.02. The van der Waals surface area contributed by atoms with Crippen LogP contribution in [0.2, 0.25) is 10.0 Å². The molecule has 0 radical (unpaired) electrons. The van der Waals surface area contributed by atoms with Crippen molar-refractivity contribution in [2.24, 2.45) is 0 Å². The number of carbonyl (C=O) groups excluding carboxylic acids is 3. The normalized spacial score (nSPS) is 19.4. The predicted octanol–water partition coefficient (Wildman–Crippen LogP) is 2.73. The van der Waals surface area contributed by atoms with Crippen molar-refractivity contribution in [1.82, 2.24) is 15.1 Å². The second-order valence-electron chi connectivity index (χ2n) is 6.94. The van der Waals surface area contributed by atoms with Crippen molar-refractivity contribution in [3.8, 4) is 0 Å². The number of carbonyl (C=O) groups is 3. The summed E-state index contributed by atoms with van der Waals surface area (Å²) in [5.41, 5.74) is 0.372. The highest BCUT2D eigenvalue weighted by Crippen LogP contribution is 2.24. The summed E-state index contributed by atoms with van der Waals surface area (Å²) in [4.78, 5) is 40.8. The van der Waals surface area contributed by atoms with Gasteiger partial charge in [0, 0.05) is 48.2 Å². The van der Waals surface area contributed by atoms with E-state index in [4.69, 9.17) is 23.2 Å². The second-order valence-corrected chi connectivity index (χ2v) is 7.82. The number of amides is 3. The lowest BCUT2D eigenvalue weighted by Crippen LogP contribution is -2.46. The van der Waals surface area contributed by atoms with Crippen molar-refractivity contribution in [1.29, 1.82) is 0 Å². The largest absolute Gasteiger partial charge is 0.354 e. The molecule has 3 rings (SSSR count). The summed E-state index contributed by atoms with van der Waals surface area (Å²) in [6, 6.07) is 4.14. The van der Waals surface area contributed by atoms with E-state index in [1.54, 1.807) is 23.1 Å². The highest BCUT2D eigenvalue weighted by atomic mass is 35.5. The molecular weight excluding hydrogens is 389 g/mol. The molecule has 1 atom stereocenters.